The molecular formula is C13H23N3O. The van der Waals surface area contributed by atoms with Gasteiger partial charge >= 0.3 is 0 Å². The van der Waals surface area contributed by atoms with Crippen molar-refractivity contribution in [1.29, 1.82) is 0 Å². The summed E-state index contributed by atoms with van der Waals surface area (Å²) >= 11 is 0. The van der Waals surface area contributed by atoms with Crippen molar-refractivity contribution in [1.82, 2.24) is 15.0 Å². The van der Waals surface area contributed by atoms with Gasteiger partial charge in [0.05, 0.1) is 11.9 Å². The molecule has 0 aromatic carbocycles. The maximum absolute atomic E-state index is 5.01. The lowest BCUT2D eigenvalue weighted by Crippen LogP contribution is -2.19. The molecule has 1 atom stereocenters. The number of hydrogen-bond donors (Lipinski definition) is 0. The van der Waals surface area contributed by atoms with Crippen LogP contribution in [-0.4, -0.2) is 22.1 Å². The van der Waals surface area contributed by atoms with Crippen LogP contribution in [0.5, 0.6) is 0 Å². The molecule has 0 radical (unpaired) electrons. The van der Waals surface area contributed by atoms with Gasteiger partial charge in [0.25, 0.3) is 0 Å². The zero-order valence-electron chi connectivity index (χ0n) is 11.4. The molecule has 0 fully saturated rings. The maximum atomic E-state index is 5.01. The van der Waals surface area contributed by atoms with Gasteiger partial charge in [-0.25, -0.2) is 4.68 Å². The van der Waals surface area contributed by atoms with E-state index in [1.807, 2.05) is 6.20 Å². The predicted octanol–water partition coefficient (Wildman–Crippen LogP) is 2.81. The quantitative estimate of drug-likeness (QED) is 0.685. The Morgan fingerprint density at radius 1 is 1.59 bits per heavy atom. The van der Waals surface area contributed by atoms with Crippen molar-refractivity contribution < 1.29 is 4.74 Å². The summed E-state index contributed by atoms with van der Waals surface area (Å²) in [6.07, 6.45) is 5.02. The standard InChI is InChI=1S/C13H23N3O/c1-6-13(4,7-11(2)3)8-12-9-16(10-17-5)15-14-12/h9H,2,6-8,10H2,1,3-5H3. The van der Waals surface area contributed by atoms with Crippen LogP contribution in [0.1, 0.15) is 39.3 Å². The Morgan fingerprint density at radius 2 is 2.29 bits per heavy atom. The lowest BCUT2D eigenvalue weighted by atomic mass is 9.78. The van der Waals surface area contributed by atoms with E-state index in [0.717, 1.165) is 25.0 Å². The topological polar surface area (TPSA) is 39.9 Å². The lowest BCUT2D eigenvalue weighted by Gasteiger charge is -2.27. The monoisotopic (exact) mass is 237 g/mol. The van der Waals surface area contributed by atoms with Crippen molar-refractivity contribution in [2.45, 2.75) is 46.8 Å². The molecule has 4 nitrogen and oxygen atoms in total. The van der Waals surface area contributed by atoms with Crippen LogP contribution in [0.3, 0.4) is 0 Å². The molecule has 0 aliphatic carbocycles. The minimum Gasteiger partial charge on any atom is -0.362 e. The summed E-state index contributed by atoms with van der Waals surface area (Å²) in [5, 5.41) is 8.20. The molecule has 0 aliphatic rings. The fourth-order valence-electron chi connectivity index (χ4n) is 2.09. The molecule has 96 valence electrons. The summed E-state index contributed by atoms with van der Waals surface area (Å²) in [4.78, 5) is 0. The molecule has 4 heteroatoms. The Labute approximate surface area is 104 Å². The van der Waals surface area contributed by atoms with E-state index in [2.05, 4.69) is 37.7 Å². The molecule has 0 aliphatic heterocycles. The summed E-state index contributed by atoms with van der Waals surface area (Å²) in [5.74, 6) is 0. The van der Waals surface area contributed by atoms with Crippen LogP contribution in [0.25, 0.3) is 0 Å². The lowest BCUT2D eigenvalue weighted by molar-refractivity contribution is 0.119. The Morgan fingerprint density at radius 3 is 2.82 bits per heavy atom. The van der Waals surface area contributed by atoms with Crippen LogP contribution < -0.4 is 0 Å². The predicted molar refractivity (Wildman–Crippen MR) is 68.6 cm³/mol. The van der Waals surface area contributed by atoms with E-state index in [-0.39, 0.29) is 5.41 Å². The molecule has 0 amide bonds. The molecule has 1 aromatic heterocycles. The number of ether oxygens (including phenoxy) is 1. The minimum absolute atomic E-state index is 0.222. The molecule has 1 unspecified atom stereocenters. The van der Waals surface area contributed by atoms with E-state index >= 15 is 0 Å². The van der Waals surface area contributed by atoms with Crippen molar-refractivity contribution in [2.75, 3.05) is 7.11 Å². The van der Waals surface area contributed by atoms with Gasteiger partial charge in [-0.3, -0.25) is 0 Å². The van der Waals surface area contributed by atoms with Crippen molar-refractivity contribution >= 4 is 0 Å². The SMILES string of the molecule is C=C(C)CC(C)(CC)Cc1cn(COC)nn1. The highest BCUT2D eigenvalue weighted by atomic mass is 16.5. The van der Waals surface area contributed by atoms with Gasteiger partial charge in [-0.05, 0) is 25.2 Å². The van der Waals surface area contributed by atoms with Gasteiger partial charge in [-0.15, -0.1) is 11.7 Å². The first-order chi connectivity index (χ1) is 7.99. The minimum atomic E-state index is 0.222. The van der Waals surface area contributed by atoms with E-state index in [1.54, 1.807) is 11.8 Å². The van der Waals surface area contributed by atoms with Crippen molar-refractivity contribution in [3.8, 4) is 0 Å². The number of nitrogens with zero attached hydrogens (tertiary/aromatic N) is 3. The molecular weight excluding hydrogens is 214 g/mol. The van der Waals surface area contributed by atoms with E-state index < -0.39 is 0 Å². The summed E-state index contributed by atoms with van der Waals surface area (Å²) in [6, 6.07) is 0. The molecule has 0 saturated carbocycles. The smallest absolute Gasteiger partial charge is 0.140 e. The third-order valence-corrected chi connectivity index (χ3v) is 3.04. The number of allylic oxidation sites excluding steroid dienone is 1. The molecule has 0 N–H and O–H groups in total. The third-order valence-electron chi connectivity index (χ3n) is 3.04. The van der Waals surface area contributed by atoms with E-state index in [1.165, 1.54) is 5.57 Å². The second kappa shape index (κ2) is 5.96. The van der Waals surface area contributed by atoms with Gasteiger partial charge in [0.2, 0.25) is 0 Å². The zero-order chi connectivity index (χ0) is 12.9. The molecule has 0 bridgehead atoms. The molecule has 17 heavy (non-hydrogen) atoms. The number of aromatic nitrogens is 3. The van der Waals surface area contributed by atoms with E-state index in [4.69, 9.17) is 4.74 Å². The Kier molecular flexibility index (Phi) is 4.87. The van der Waals surface area contributed by atoms with Crippen molar-refractivity contribution in [2.24, 2.45) is 5.41 Å². The van der Waals surface area contributed by atoms with E-state index in [0.29, 0.717) is 6.73 Å². The van der Waals surface area contributed by atoms with Gasteiger partial charge in [0.1, 0.15) is 6.73 Å². The van der Waals surface area contributed by atoms with Crippen LogP contribution in [0.15, 0.2) is 18.3 Å². The van der Waals surface area contributed by atoms with Crippen molar-refractivity contribution in [3.63, 3.8) is 0 Å². The molecule has 0 saturated heterocycles. The Balaban J connectivity index is 2.69. The van der Waals surface area contributed by atoms with Gasteiger partial charge in [-0.2, -0.15) is 0 Å². The Bertz CT molecular complexity index is 372. The first-order valence-electron chi connectivity index (χ1n) is 6.01. The average Bonchev–Trinajstić information content (AvgIpc) is 2.65. The highest BCUT2D eigenvalue weighted by Gasteiger charge is 2.24. The fourth-order valence-corrected chi connectivity index (χ4v) is 2.09. The summed E-state index contributed by atoms with van der Waals surface area (Å²) in [7, 11) is 1.65. The highest BCUT2D eigenvalue weighted by Crippen LogP contribution is 2.32. The zero-order valence-corrected chi connectivity index (χ0v) is 11.4. The first kappa shape index (κ1) is 13.9. The van der Waals surface area contributed by atoms with Crippen LogP contribution in [0.2, 0.25) is 0 Å². The van der Waals surface area contributed by atoms with Crippen LogP contribution in [0.4, 0.5) is 0 Å². The summed E-state index contributed by atoms with van der Waals surface area (Å²) in [6.45, 7) is 11.0. The summed E-state index contributed by atoms with van der Waals surface area (Å²) in [5.41, 5.74) is 2.46. The first-order valence-corrected chi connectivity index (χ1v) is 6.01. The van der Waals surface area contributed by atoms with Gasteiger partial charge in [-0.1, -0.05) is 31.1 Å². The Hall–Kier alpha value is -1.16. The third kappa shape index (κ3) is 4.30. The van der Waals surface area contributed by atoms with Gasteiger partial charge in [0.15, 0.2) is 0 Å². The second-order valence-electron chi connectivity index (χ2n) is 5.14. The second-order valence-corrected chi connectivity index (χ2v) is 5.14. The van der Waals surface area contributed by atoms with E-state index in [9.17, 15) is 0 Å². The van der Waals surface area contributed by atoms with Crippen molar-refractivity contribution in [3.05, 3.63) is 24.0 Å². The average molecular weight is 237 g/mol. The molecule has 1 heterocycles. The van der Waals surface area contributed by atoms with Crippen LogP contribution >= 0.6 is 0 Å². The molecule has 1 rings (SSSR count). The maximum Gasteiger partial charge on any atom is 0.140 e. The molecule has 1 aromatic rings. The number of hydrogen-bond acceptors (Lipinski definition) is 3. The summed E-state index contributed by atoms with van der Waals surface area (Å²) < 4.78 is 6.72. The number of methoxy groups -OCH3 is 1. The molecule has 0 spiro atoms. The van der Waals surface area contributed by atoms with Gasteiger partial charge < -0.3 is 4.74 Å². The highest BCUT2D eigenvalue weighted by molar-refractivity contribution is 5.02. The normalized spacial score (nSPS) is 14.6. The number of rotatable bonds is 7. The van der Waals surface area contributed by atoms with Crippen LogP contribution in [-0.2, 0) is 17.9 Å². The van der Waals surface area contributed by atoms with Crippen LogP contribution in [0, 0.1) is 5.41 Å². The largest absolute Gasteiger partial charge is 0.362 e. The fraction of sp³-hybridized carbons (Fsp3) is 0.692. The van der Waals surface area contributed by atoms with Gasteiger partial charge in [0, 0.05) is 7.11 Å².